The third kappa shape index (κ3) is 4.22. The van der Waals surface area contributed by atoms with E-state index in [2.05, 4.69) is 4.72 Å². The SMILES string of the molecule is CCN(CC)C(=O)CNS(=O)(=O)c1cccc(N)c1. The summed E-state index contributed by atoms with van der Waals surface area (Å²) >= 11 is 0. The third-order valence-electron chi connectivity index (χ3n) is 2.70. The minimum Gasteiger partial charge on any atom is -0.399 e. The molecule has 0 aliphatic carbocycles. The number of anilines is 1. The van der Waals surface area contributed by atoms with Gasteiger partial charge in [-0.25, -0.2) is 13.1 Å². The van der Waals surface area contributed by atoms with Crippen LogP contribution in [0.15, 0.2) is 29.2 Å². The number of amides is 1. The van der Waals surface area contributed by atoms with Crippen LogP contribution in [-0.4, -0.2) is 38.9 Å². The van der Waals surface area contributed by atoms with E-state index < -0.39 is 10.0 Å². The molecule has 19 heavy (non-hydrogen) atoms. The maximum Gasteiger partial charge on any atom is 0.241 e. The fourth-order valence-electron chi connectivity index (χ4n) is 1.61. The lowest BCUT2D eigenvalue weighted by Gasteiger charge is -2.18. The number of benzene rings is 1. The molecule has 0 atom stereocenters. The molecule has 0 aromatic heterocycles. The van der Waals surface area contributed by atoms with Gasteiger partial charge in [0.05, 0.1) is 11.4 Å². The van der Waals surface area contributed by atoms with E-state index in [9.17, 15) is 13.2 Å². The van der Waals surface area contributed by atoms with Crippen LogP contribution in [-0.2, 0) is 14.8 Å². The number of rotatable bonds is 6. The largest absolute Gasteiger partial charge is 0.399 e. The summed E-state index contributed by atoms with van der Waals surface area (Å²) in [5, 5.41) is 0. The van der Waals surface area contributed by atoms with Gasteiger partial charge in [-0.3, -0.25) is 4.79 Å². The lowest BCUT2D eigenvalue weighted by molar-refractivity contribution is -0.129. The van der Waals surface area contributed by atoms with Gasteiger partial charge in [-0.1, -0.05) is 6.07 Å². The first kappa shape index (κ1) is 15.5. The Labute approximate surface area is 113 Å². The molecule has 106 valence electrons. The zero-order valence-corrected chi connectivity index (χ0v) is 11.9. The van der Waals surface area contributed by atoms with Gasteiger partial charge in [0.15, 0.2) is 0 Å². The second-order valence-electron chi connectivity index (χ2n) is 3.96. The second kappa shape index (κ2) is 6.53. The predicted octanol–water partition coefficient (Wildman–Crippen LogP) is 0.416. The van der Waals surface area contributed by atoms with Crippen molar-refractivity contribution in [2.45, 2.75) is 18.7 Å². The average Bonchev–Trinajstić information content (AvgIpc) is 2.38. The van der Waals surface area contributed by atoms with Crippen LogP contribution in [0.2, 0.25) is 0 Å². The molecule has 0 bridgehead atoms. The number of hydrogen-bond donors (Lipinski definition) is 2. The van der Waals surface area contributed by atoms with E-state index in [0.29, 0.717) is 18.8 Å². The minimum atomic E-state index is -3.71. The van der Waals surface area contributed by atoms with E-state index in [-0.39, 0.29) is 17.3 Å². The topological polar surface area (TPSA) is 92.5 Å². The second-order valence-corrected chi connectivity index (χ2v) is 5.73. The fourth-order valence-corrected chi connectivity index (χ4v) is 2.64. The predicted molar refractivity (Wildman–Crippen MR) is 74.0 cm³/mol. The van der Waals surface area contributed by atoms with Gasteiger partial charge in [0.25, 0.3) is 0 Å². The fraction of sp³-hybridized carbons (Fsp3) is 0.417. The molecule has 0 aliphatic rings. The summed E-state index contributed by atoms with van der Waals surface area (Å²) in [5.74, 6) is -0.252. The van der Waals surface area contributed by atoms with Crippen LogP contribution in [0.3, 0.4) is 0 Å². The molecule has 1 aromatic rings. The molecule has 0 unspecified atom stereocenters. The van der Waals surface area contributed by atoms with E-state index in [1.165, 1.54) is 12.1 Å². The number of nitrogens with one attached hydrogen (secondary N) is 1. The van der Waals surface area contributed by atoms with Crippen molar-refractivity contribution in [2.24, 2.45) is 0 Å². The highest BCUT2D eigenvalue weighted by atomic mass is 32.2. The first-order valence-electron chi connectivity index (χ1n) is 6.03. The van der Waals surface area contributed by atoms with Gasteiger partial charge < -0.3 is 10.6 Å². The van der Waals surface area contributed by atoms with E-state index in [1.54, 1.807) is 17.0 Å². The molecule has 0 saturated heterocycles. The summed E-state index contributed by atoms with van der Waals surface area (Å²) < 4.78 is 26.2. The molecule has 7 heteroatoms. The highest BCUT2D eigenvalue weighted by molar-refractivity contribution is 7.89. The summed E-state index contributed by atoms with van der Waals surface area (Å²) in [5.41, 5.74) is 5.89. The van der Waals surface area contributed by atoms with Gasteiger partial charge in [0, 0.05) is 18.8 Å². The zero-order chi connectivity index (χ0) is 14.5. The molecule has 6 nitrogen and oxygen atoms in total. The molecule has 0 fully saturated rings. The van der Waals surface area contributed by atoms with E-state index in [1.807, 2.05) is 13.8 Å². The number of sulfonamides is 1. The monoisotopic (exact) mass is 285 g/mol. The van der Waals surface area contributed by atoms with Crippen LogP contribution in [0, 0.1) is 0 Å². The van der Waals surface area contributed by atoms with E-state index in [0.717, 1.165) is 0 Å². The van der Waals surface area contributed by atoms with Gasteiger partial charge in [0.1, 0.15) is 0 Å². The maximum atomic E-state index is 12.0. The molecule has 1 amide bonds. The average molecular weight is 285 g/mol. The summed E-state index contributed by atoms with van der Waals surface area (Å²) in [6.45, 7) is 4.53. The summed E-state index contributed by atoms with van der Waals surface area (Å²) in [6, 6.07) is 5.93. The van der Waals surface area contributed by atoms with Crippen molar-refractivity contribution in [3.8, 4) is 0 Å². The smallest absolute Gasteiger partial charge is 0.241 e. The van der Waals surface area contributed by atoms with Crippen molar-refractivity contribution in [3.63, 3.8) is 0 Å². The van der Waals surface area contributed by atoms with Crippen molar-refractivity contribution in [2.75, 3.05) is 25.4 Å². The molecule has 1 aromatic carbocycles. The first-order chi connectivity index (χ1) is 8.90. The van der Waals surface area contributed by atoms with Crippen LogP contribution >= 0.6 is 0 Å². The Morgan fingerprint density at radius 2 is 1.95 bits per heavy atom. The summed E-state index contributed by atoms with van der Waals surface area (Å²) in [7, 11) is -3.71. The number of hydrogen-bond acceptors (Lipinski definition) is 4. The quantitative estimate of drug-likeness (QED) is 0.741. The van der Waals surface area contributed by atoms with Crippen LogP contribution in [0.25, 0.3) is 0 Å². The number of nitrogen functional groups attached to an aromatic ring is 1. The van der Waals surface area contributed by atoms with Crippen molar-refractivity contribution in [1.29, 1.82) is 0 Å². The van der Waals surface area contributed by atoms with Crippen LogP contribution in [0.5, 0.6) is 0 Å². The van der Waals surface area contributed by atoms with Gasteiger partial charge in [-0.15, -0.1) is 0 Å². The third-order valence-corrected chi connectivity index (χ3v) is 4.10. The molecular formula is C12H19N3O3S. The number of nitrogens with zero attached hydrogens (tertiary/aromatic N) is 1. The molecule has 0 saturated carbocycles. The number of nitrogens with two attached hydrogens (primary N) is 1. The van der Waals surface area contributed by atoms with Crippen LogP contribution in [0.1, 0.15) is 13.8 Å². The molecular weight excluding hydrogens is 266 g/mol. The Morgan fingerprint density at radius 1 is 1.32 bits per heavy atom. The van der Waals surface area contributed by atoms with Crippen molar-refractivity contribution >= 4 is 21.6 Å². The molecule has 3 N–H and O–H groups in total. The standard InChI is InChI=1S/C12H19N3O3S/c1-3-15(4-2)12(16)9-14-19(17,18)11-7-5-6-10(13)8-11/h5-8,14H,3-4,9,13H2,1-2H3. The van der Waals surface area contributed by atoms with E-state index >= 15 is 0 Å². The van der Waals surface area contributed by atoms with Crippen LogP contribution < -0.4 is 10.5 Å². The highest BCUT2D eigenvalue weighted by Crippen LogP contribution is 2.12. The van der Waals surface area contributed by atoms with Crippen molar-refractivity contribution < 1.29 is 13.2 Å². The number of likely N-dealkylation sites (N-methyl/N-ethyl adjacent to an activating group) is 1. The number of carbonyl (C=O) groups is 1. The number of carbonyl (C=O) groups excluding carboxylic acids is 1. The van der Waals surface area contributed by atoms with Gasteiger partial charge in [-0.2, -0.15) is 0 Å². The molecule has 0 aliphatic heterocycles. The maximum absolute atomic E-state index is 12.0. The van der Waals surface area contributed by atoms with E-state index in [4.69, 9.17) is 5.73 Å². The lowest BCUT2D eigenvalue weighted by atomic mass is 10.3. The van der Waals surface area contributed by atoms with Gasteiger partial charge in [-0.05, 0) is 32.0 Å². The highest BCUT2D eigenvalue weighted by Gasteiger charge is 2.17. The summed E-state index contributed by atoms with van der Waals surface area (Å²) in [6.07, 6.45) is 0. The Hall–Kier alpha value is -1.60. The van der Waals surface area contributed by atoms with Crippen molar-refractivity contribution in [1.82, 2.24) is 9.62 Å². The molecule has 1 rings (SSSR count). The van der Waals surface area contributed by atoms with Gasteiger partial charge in [0.2, 0.25) is 15.9 Å². The minimum absolute atomic E-state index is 0.0554. The Balaban J connectivity index is 2.74. The Morgan fingerprint density at radius 3 is 2.47 bits per heavy atom. The molecule has 0 radical (unpaired) electrons. The summed E-state index contributed by atoms with van der Waals surface area (Å²) in [4.78, 5) is 13.3. The first-order valence-corrected chi connectivity index (χ1v) is 7.52. The van der Waals surface area contributed by atoms with Crippen molar-refractivity contribution in [3.05, 3.63) is 24.3 Å². The zero-order valence-electron chi connectivity index (χ0n) is 11.1. The Kier molecular flexibility index (Phi) is 5.31. The molecule has 0 spiro atoms. The lowest BCUT2D eigenvalue weighted by Crippen LogP contribution is -2.39. The molecule has 0 heterocycles. The van der Waals surface area contributed by atoms with Crippen LogP contribution in [0.4, 0.5) is 5.69 Å². The normalized spacial score (nSPS) is 11.3. The van der Waals surface area contributed by atoms with Gasteiger partial charge >= 0.3 is 0 Å². The Bertz CT molecular complexity index is 539.